The first-order valence-electron chi connectivity index (χ1n) is 8.86. The quantitative estimate of drug-likeness (QED) is 0.527. The number of hydrogen-bond acceptors (Lipinski definition) is 3. The third-order valence-corrected chi connectivity index (χ3v) is 4.46. The maximum absolute atomic E-state index is 13.0. The van der Waals surface area contributed by atoms with Crippen LogP contribution in [-0.2, 0) is 12.8 Å². The molecule has 1 aromatic heterocycles. The Morgan fingerprint density at radius 1 is 0.889 bits per heavy atom. The predicted octanol–water partition coefficient (Wildman–Crippen LogP) is 4.61. The number of fused-ring (bicyclic) bond motifs is 1. The number of imidazole rings is 1. The Balaban J connectivity index is 1.37. The molecule has 1 atom stereocenters. The fourth-order valence-corrected chi connectivity index (χ4v) is 3.11. The van der Waals surface area contributed by atoms with Crippen LogP contribution in [0.15, 0.2) is 73.1 Å². The van der Waals surface area contributed by atoms with Gasteiger partial charge in [-0.3, -0.25) is 0 Å². The van der Waals surface area contributed by atoms with Crippen LogP contribution in [0.2, 0.25) is 0 Å². The summed E-state index contributed by atoms with van der Waals surface area (Å²) >= 11 is 0. The standard InChI is InChI=1S/C22H20FN3O/c23-17-5-1-15(2-6-17)11-18(24)12-16-3-7-19(8-4-16)27-20-9-10-21-22(13-20)26-14-25-21/h1-10,13-14,18H,11-12,24H2,(H,25,26). The summed E-state index contributed by atoms with van der Waals surface area (Å²) in [6.45, 7) is 0. The summed E-state index contributed by atoms with van der Waals surface area (Å²) in [5.41, 5.74) is 10.3. The molecular weight excluding hydrogens is 341 g/mol. The highest BCUT2D eigenvalue weighted by Gasteiger charge is 2.07. The number of aromatic nitrogens is 2. The molecule has 0 aliphatic heterocycles. The van der Waals surface area contributed by atoms with E-state index in [4.69, 9.17) is 10.5 Å². The van der Waals surface area contributed by atoms with Gasteiger partial charge in [-0.1, -0.05) is 24.3 Å². The van der Waals surface area contributed by atoms with Gasteiger partial charge in [0.1, 0.15) is 17.3 Å². The van der Waals surface area contributed by atoms with Gasteiger partial charge >= 0.3 is 0 Å². The zero-order chi connectivity index (χ0) is 18.6. The zero-order valence-corrected chi connectivity index (χ0v) is 14.7. The number of hydrogen-bond donors (Lipinski definition) is 2. The van der Waals surface area contributed by atoms with E-state index in [1.807, 2.05) is 42.5 Å². The average molecular weight is 361 g/mol. The van der Waals surface area contributed by atoms with Crippen LogP contribution in [0.4, 0.5) is 4.39 Å². The minimum Gasteiger partial charge on any atom is -0.457 e. The second-order valence-corrected chi connectivity index (χ2v) is 6.62. The van der Waals surface area contributed by atoms with Crippen LogP contribution in [-0.4, -0.2) is 16.0 Å². The molecular formula is C22H20FN3O. The van der Waals surface area contributed by atoms with Crippen LogP contribution in [0.1, 0.15) is 11.1 Å². The van der Waals surface area contributed by atoms with Gasteiger partial charge in [0.2, 0.25) is 0 Å². The number of nitrogens with two attached hydrogens (primary N) is 1. The first-order valence-corrected chi connectivity index (χ1v) is 8.86. The first kappa shape index (κ1) is 17.2. The van der Waals surface area contributed by atoms with Crippen molar-refractivity contribution in [3.05, 3.63) is 90.0 Å². The van der Waals surface area contributed by atoms with E-state index in [-0.39, 0.29) is 11.9 Å². The smallest absolute Gasteiger partial charge is 0.129 e. The van der Waals surface area contributed by atoms with Crippen molar-refractivity contribution in [3.8, 4) is 11.5 Å². The van der Waals surface area contributed by atoms with Gasteiger partial charge in [0.05, 0.1) is 17.4 Å². The van der Waals surface area contributed by atoms with Crippen molar-refractivity contribution in [1.82, 2.24) is 9.97 Å². The number of rotatable bonds is 6. The lowest BCUT2D eigenvalue weighted by Gasteiger charge is -2.12. The number of halogens is 1. The van der Waals surface area contributed by atoms with Crippen molar-refractivity contribution in [3.63, 3.8) is 0 Å². The summed E-state index contributed by atoms with van der Waals surface area (Å²) in [4.78, 5) is 7.27. The second kappa shape index (κ2) is 7.60. The van der Waals surface area contributed by atoms with Gasteiger partial charge in [-0.25, -0.2) is 9.37 Å². The highest BCUT2D eigenvalue weighted by Crippen LogP contribution is 2.24. The van der Waals surface area contributed by atoms with Gasteiger partial charge in [0.25, 0.3) is 0 Å². The van der Waals surface area contributed by atoms with E-state index < -0.39 is 0 Å². The summed E-state index contributed by atoms with van der Waals surface area (Å²) in [5.74, 6) is 1.30. The Morgan fingerprint density at radius 3 is 2.22 bits per heavy atom. The SMILES string of the molecule is NC(Cc1ccc(F)cc1)Cc1ccc(Oc2ccc3nc[nH]c3c2)cc1. The molecule has 4 aromatic rings. The van der Waals surface area contributed by atoms with E-state index in [2.05, 4.69) is 9.97 Å². The van der Waals surface area contributed by atoms with E-state index in [1.165, 1.54) is 12.1 Å². The van der Waals surface area contributed by atoms with Crippen molar-refractivity contribution in [2.24, 2.45) is 5.73 Å². The molecule has 3 aromatic carbocycles. The Kier molecular flexibility index (Phi) is 4.85. The molecule has 0 radical (unpaired) electrons. The van der Waals surface area contributed by atoms with Crippen LogP contribution in [0.5, 0.6) is 11.5 Å². The molecule has 0 amide bonds. The van der Waals surface area contributed by atoms with E-state index >= 15 is 0 Å². The lowest BCUT2D eigenvalue weighted by Crippen LogP contribution is -2.25. The number of nitrogens with one attached hydrogen (secondary N) is 1. The van der Waals surface area contributed by atoms with Crippen LogP contribution in [0, 0.1) is 5.82 Å². The maximum atomic E-state index is 13.0. The summed E-state index contributed by atoms with van der Waals surface area (Å²) < 4.78 is 18.9. The predicted molar refractivity (Wildman–Crippen MR) is 104 cm³/mol. The van der Waals surface area contributed by atoms with Gasteiger partial charge in [-0.2, -0.15) is 0 Å². The summed E-state index contributed by atoms with van der Waals surface area (Å²) in [6, 6.07) is 20.1. The molecule has 4 rings (SSSR count). The normalized spacial score (nSPS) is 12.2. The van der Waals surface area contributed by atoms with Crippen molar-refractivity contribution >= 4 is 11.0 Å². The number of nitrogens with zero attached hydrogens (tertiary/aromatic N) is 1. The highest BCUT2D eigenvalue weighted by molar-refractivity contribution is 5.76. The first-order chi connectivity index (χ1) is 13.2. The average Bonchev–Trinajstić information content (AvgIpc) is 3.13. The minimum absolute atomic E-state index is 0.0231. The molecule has 4 nitrogen and oxygen atoms in total. The molecule has 0 aliphatic carbocycles. The lowest BCUT2D eigenvalue weighted by atomic mass is 10.00. The molecule has 0 fully saturated rings. The van der Waals surface area contributed by atoms with Gasteiger partial charge < -0.3 is 15.5 Å². The van der Waals surface area contributed by atoms with Gasteiger partial charge in [-0.05, 0) is 60.4 Å². The van der Waals surface area contributed by atoms with Crippen molar-refractivity contribution in [2.75, 3.05) is 0 Å². The molecule has 0 saturated carbocycles. The third kappa shape index (κ3) is 4.33. The van der Waals surface area contributed by atoms with E-state index in [0.29, 0.717) is 6.42 Å². The third-order valence-electron chi connectivity index (χ3n) is 4.46. The number of aromatic amines is 1. The second-order valence-electron chi connectivity index (χ2n) is 6.62. The highest BCUT2D eigenvalue weighted by atomic mass is 19.1. The van der Waals surface area contributed by atoms with E-state index in [0.717, 1.165) is 40.1 Å². The molecule has 3 N–H and O–H groups in total. The molecule has 27 heavy (non-hydrogen) atoms. The number of H-pyrrole nitrogens is 1. The molecule has 0 aliphatic rings. The van der Waals surface area contributed by atoms with Crippen LogP contribution >= 0.6 is 0 Å². The molecule has 1 unspecified atom stereocenters. The number of benzene rings is 3. The van der Waals surface area contributed by atoms with Crippen LogP contribution < -0.4 is 10.5 Å². The monoisotopic (exact) mass is 361 g/mol. The topological polar surface area (TPSA) is 63.9 Å². The van der Waals surface area contributed by atoms with Gasteiger partial charge in [0.15, 0.2) is 0 Å². The Hall–Kier alpha value is -3.18. The molecule has 0 spiro atoms. The Bertz CT molecular complexity index is 1030. The molecule has 1 heterocycles. The summed E-state index contributed by atoms with van der Waals surface area (Å²) in [6.07, 6.45) is 3.12. The van der Waals surface area contributed by atoms with Crippen LogP contribution in [0.25, 0.3) is 11.0 Å². The van der Waals surface area contributed by atoms with E-state index in [9.17, 15) is 4.39 Å². The Labute approximate surface area is 156 Å². The number of ether oxygens (including phenoxy) is 1. The van der Waals surface area contributed by atoms with Gasteiger partial charge in [-0.15, -0.1) is 0 Å². The molecule has 5 heteroatoms. The van der Waals surface area contributed by atoms with Crippen molar-refractivity contribution < 1.29 is 9.13 Å². The largest absolute Gasteiger partial charge is 0.457 e. The lowest BCUT2D eigenvalue weighted by molar-refractivity contribution is 0.483. The molecule has 136 valence electrons. The van der Waals surface area contributed by atoms with E-state index in [1.54, 1.807) is 18.5 Å². The molecule has 0 saturated heterocycles. The Morgan fingerprint density at radius 2 is 1.52 bits per heavy atom. The van der Waals surface area contributed by atoms with Gasteiger partial charge in [0, 0.05) is 12.1 Å². The fraction of sp³-hybridized carbons (Fsp3) is 0.136. The maximum Gasteiger partial charge on any atom is 0.129 e. The van der Waals surface area contributed by atoms with Crippen molar-refractivity contribution in [1.29, 1.82) is 0 Å². The minimum atomic E-state index is -0.227. The van der Waals surface area contributed by atoms with Crippen LogP contribution in [0.3, 0.4) is 0 Å². The summed E-state index contributed by atoms with van der Waals surface area (Å²) in [7, 11) is 0. The van der Waals surface area contributed by atoms with Crippen molar-refractivity contribution in [2.45, 2.75) is 18.9 Å². The zero-order valence-electron chi connectivity index (χ0n) is 14.7. The fourth-order valence-electron chi connectivity index (χ4n) is 3.11. The molecule has 0 bridgehead atoms. The summed E-state index contributed by atoms with van der Waals surface area (Å²) in [5, 5.41) is 0.